The number of benzene rings is 1. The number of hydrogen-bond acceptors (Lipinski definition) is 1. The number of rotatable bonds is 2. The molecule has 0 saturated heterocycles. The molecule has 0 aromatic heterocycles. The Morgan fingerprint density at radius 3 is 2.75 bits per heavy atom. The molecule has 0 spiro atoms. The van der Waals surface area contributed by atoms with Gasteiger partial charge in [0.2, 0.25) is 0 Å². The second kappa shape index (κ2) is 3.90. The molecule has 0 saturated carbocycles. The highest BCUT2D eigenvalue weighted by Crippen LogP contribution is 2.17. The van der Waals surface area contributed by atoms with Crippen molar-refractivity contribution in [3.8, 4) is 0 Å². The zero-order chi connectivity index (χ0) is 8.97. The van der Waals surface area contributed by atoms with Gasteiger partial charge in [-0.05, 0) is 25.1 Å². The van der Waals surface area contributed by atoms with Crippen molar-refractivity contribution in [2.45, 2.75) is 6.92 Å². The van der Waals surface area contributed by atoms with Gasteiger partial charge in [-0.25, -0.2) is 4.39 Å². The second-order valence-corrected chi connectivity index (χ2v) is 2.48. The third kappa shape index (κ3) is 1.84. The van der Waals surface area contributed by atoms with Crippen LogP contribution in [0, 0.1) is 5.82 Å². The van der Waals surface area contributed by atoms with Crippen LogP contribution >= 0.6 is 0 Å². The molecule has 1 nitrogen and oxygen atoms in total. The van der Waals surface area contributed by atoms with E-state index in [9.17, 15) is 4.39 Å². The summed E-state index contributed by atoms with van der Waals surface area (Å²) in [4.78, 5) is 0. The Kier molecular flexibility index (Phi) is 2.86. The lowest BCUT2D eigenvalue weighted by Crippen LogP contribution is -1.91. The minimum Gasteiger partial charge on any atom is -0.388 e. The summed E-state index contributed by atoms with van der Waals surface area (Å²) >= 11 is 0. The quantitative estimate of drug-likeness (QED) is 0.710. The summed E-state index contributed by atoms with van der Waals surface area (Å²) < 4.78 is 12.7. The van der Waals surface area contributed by atoms with Crippen molar-refractivity contribution in [1.82, 2.24) is 0 Å². The predicted molar refractivity (Wildman–Crippen MR) is 50.7 cm³/mol. The lowest BCUT2D eigenvalue weighted by atomic mass is 10.1. The molecule has 1 aromatic rings. The highest BCUT2D eigenvalue weighted by molar-refractivity contribution is 5.66. The van der Waals surface area contributed by atoms with E-state index in [0.29, 0.717) is 0 Å². The Bertz CT molecular complexity index is 292. The number of hydrogen-bond donors (Lipinski definition) is 1. The molecule has 1 N–H and O–H groups in total. The summed E-state index contributed by atoms with van der Waals surface area (Å²) in [5.41, 5.74) is 1.81. The van der Waals surface area contributed by atoms with E-state index >= 15 is 0 Å². The summed E-state index contributed by atoms with van der Waals surface area (Å²) in [6.07, 6.45) is 3.75. The van der Waals surface area contributed by atoms with Crippen LogP contribution in [0.4, 0.5) is 10.1 Å². The Morgan fingerprint density at radius 1 is 1.42 bits per heavy atom. The van der Waals surface area contributed by atoms with Crippen molar-refractivity contribution in [2.24, 2.45) is 0 Å². The fraction of sp³-hybridized carbons (Fsp3) is 0.200. The lowest BCUT2D eigenvalue weighted by molar-refractivity contribution is 0.627. The average molecular weight is 165 g/mol. The zero-order valence-electron chi connectivity index (χ0n) is 7.26. The molecule has 0 radical (unpaired) electrons. The van der Waals surface area contributed by atoms with E-state index in [4.69, 9.17) is 0 Å². The van der Waals surface area contributed by atoms with E-state index in [0.717, 1.165) is 11.3 Å². The second-order valence-electron chi connectivity index (χ2n) is 2.48. The Morgan fingerprint density at radius 2 is 2.17 bits per heavy atom. The fourth-order valence-corrected chi connectivity index (χ4v) is 1.08. The Labute approximate surface area is 71.9 Å². The first-order valence-corrected chi connectivity index (χ1v) is 3.88. The van der Waals surface area contributed by atoms with Crippen LogP contribution in [-0.4, -0.2) is 7.05 Å². The van der Waals surface area contributed by atoms with Gasteiger partial charge in [0, 0.05) is 18.3 Å². The molecule has 64 valence electrons. The molecule has 0 amide bonds. The molecule has 0 aliphatic carbocycles. The topological polar surface area (TPSA) is 12.0 Å². The zero-order valence-corrected chi connectivity index (χ0v) is 7.26. The predicted octanol–water partition coefficient (Wildman–Crippen LogP) is 2.90. The van der Waals surface area contributed by atoms with Gasteiger partial charge in [-0.15, -0.1) is 0 Å². The van der Waals surface area contributed by atoms with Gasteiger partial charge in [-0.3, -0.25) is 0 Å². The lowest BCUT2D eigenvalue weighted by Gasteiger charge is -2.04. The number of anilines is 1. The maximum Gasteiger partial charge on any atom is 0.123 e. The monoisotopic (exact) mass is 165 g/mol. The summed E-state index contributed by atoms with van der Waals surface area (Å²) in [7, 11) is 1.82. The van der Waals surface area contributed by atoms with Gasteiger partial charge in [-0.2, -0.15) is 0 Å². The normalized spacial score (nSPS) is 10.6. The van der Waals surface area contributed by atoms with Crippen LogP contribution in [0.3, 0.4) is 0 Å². The van der Waals surface area contributed by atoms with Crippen LogP contribution in [0.2, 0.25) is 0 Å². The molecule has 12 heavy (non-hydrogen) atoms. The molecule has 0 unspecified atom stereocenters. The van der Waals surface area contributed by atoms with Crippen LogP contribution < -0.4 is 5.32 Å². The molecule has 1 aromatic carbocycles. The van der Waals surface area contributed by atoms with E-state index in [-0.39, 0.29) is 5.82 Å². The molecule has 0 aliphatic heterocycles. The van der Waals surface area contributed by atoms with Gasteiger partial charge in [-0.1, -0.05) is 12.2 Å². The minimum absolute atomic E-state index is 0.206. The number of allylic oxidation sites excluding steroid dienone is 1. The first-order valence-electron chi connectivity index (χ1n) is 3.88. The van der Waals surface area contributed by atoms with E-state index in [2.05, 4.69) is 5.32 Å². The van der Waals surface area contributed by atoms with Crippen LogP contribution in [0.5, 0.6) is 0 Å². The van der Waals surface area contributed by atoms with Crippen LogP contribution in [0.1, 0.15) is 12.5 Å². The van der Waals surface area contributed by atoms with Gasteiger partial charge in [0.05, 0.1) is 0 Å². The van der Waals surface area contributed by atoms with Crippen LogP contribution in [-0.2, 0) is 0 Å². The SMILES string of the molecule is C/C=C\c1cc(F)ccc1NC. The molecule has 0 fully saturated rings. The van der Waals surface area contributed by atoms with Crippen molar-refractivity contribution in [1.29, 1.82) is 0 Å². The van der Waals surface area contributed by atoms with Crippen molar-refractivity contribution >= 4 is 11.8 Å². The minimum atomic E-state index is -0.206. The third-order valence-electron chi connectivity index (χ3n) is 1.63. The molecule has 0 aliphatic rings. The van der Waals surface area contributed by atoms with E-state index in [1.54, 1.807) is 6.07 Å². The summed E-state index contributed by atoms with van der Waals surface area (Å²) in [5.74, 6) is -0.206. The van der Waals surface area contributed by atoms with Crippen molar-refractivity contribution in [3.05, 3.63) is 35.7 Å². The fourth-order valence-electron chi connectivity index (χ4n) is 1.08. The molecular weight excluding hydrogens is 153 g/mol. The molecule has 1 rings (SSSR count). The van der Waals surface area contributed by atoms with E-state index in [1.807, 2.05) is 26.1 Å². The van der Waals surface area contributed by atoms with Gasteiger partial charge in [0.15, 0.2) is 0 Å². The van der Waals surface area contributed by atoms with Gasteiger partial charge < -0.3 is 5.32 Å². The van der Waals surface area contributed by atoms with Crippen molar-refractivity contribution in [2.75, 3.05) is 12.4 Å². The average Bonchev–Trinajstić information content (AvgIpc) is 2.05. The molecular formula is C10H12FN. The third-order valence-corrected chi connectivity index (χ3v) is 1.63. The summed E-state index contributed by atoms with van der Waals surface area (Å²) in [5, 5.41) is 2.99. The molecule has 0 heterocycles. The first-order chi connectivity index (χ1) is 5.77. The largest absolute Gasteiger partial charge is 0.388 e. The van der Waals surface area contributed by atoms with Crippen molar-refractivity contribution < 1.29 is 4.39 Å². The number of halogens is 1. The summed E-state index contributed by atoms with van der Waals surface area (Å²) in [6.45, 7) is 1.91. The highest BCUT2D eigenvalue weighted by atomic mass is 19.1. The molecule has 0 bridgehead atoms. The standard InChI is InChI=1S/C10H12FN/c1-3-4-8-7-9(11)5-6-10(8)12-2/h3-7,12H,1-2H3/b4-3-. The first kappa shape index (κ1) is 8.78. The van der Waals surface area contributed by atoms with Gasteiger partial charge in [0.1, 0.15) is 5.82 Å². The smallest absolute Gasteiger partial charge is 0.123 e. The van der Waals surface area contributed by atoms with E-state index < -0.39 is 0 Å². The van der Waals surface area contributed by atoms with Crippen LogP contribution in [0.25, 0.3) is 6.08 Å². The van der Waals surface area contributed by atoms with Crippen molar-refractivity contribution in [3.63, 3.8) is 0 Å². The Hall–Kier alpha value is -1.31. The van der Waals surface area contributed by atoms with Gasteiger partial charge >= 0.3 is 0 Å². The Balaban J connectivity index is 3.12. The van der Waals surface area contributed by atoms with Crippen LogP contribution in [0.15, 0.2) is 24.3 Å². The van der Waals surface area contributed by atoms with Gasteiger partial charge in [0.25, 0.3) is 0 Å². The maximum absolute atomic E-state index is 12.7. The molecule has 0 atom stereocenters. The molecule has 2 heteroatoms. The highest BCUT2D eigenvalue weighted by Gasteiger charge is 1.97. The number of nitrogens with one attached hydrogen (secondary N) is 1. The van der Waals surface area contributed by atoms with E-state index in [1.165, 1.54) is 12.1 Å². The summed E-state index contributed by atoms with van der Waals surface area (Å²) in [6, 6.07) is 4.68. The maximum atomic E-state index is 12.7.